The molecule has 2 nitrogen and oxygen atoms in total. The molecule has 0 aromatic heterocycles. The summed E-state index contributed by atoms with van der Waals surface area (Å²) in [6.07, 6.45) is 2.39. The Bertz CT molecular complexity index is 201. The second-order valence-electron chi connectivity index (χ2n) is 4.06. The van der Waals surface area contributed by atoms with Gasteiger partial charge < -0.3 is 9.90 Å². The minimum Gasteiger partial charge on any atom is -0.549 e. The minimum absolute atomic E-state index is 0.0232. The molecule has 0 N–H and O–H groups in total. The summed E-state index contributed by atoms with van der Waals surface area (Å²) in [6, 6.07) is 0. The van der Waals surface area contributed by atoms with Crippen LogP contribution in [0, 0.1) is 0 Å². The molecular formula is C12H21F2O2S-. The van der Waals surface area contributed by atoms with Crippen molar-refractivity contribution >= 4 is 17.7 Å². The zero-order valence-electron chi connectivity index (χ0n) is 10.3. The van der Waals surface area contributed by atoms with Gasteiger partial charge in [-0.15, -0.1) is 0 Å². The molecule has 0 spiro atoms. The molecule has 0 aromatic rings. The van der Waals surface area contributed by atoms with Crippen molar-refractivity contribution in [2.24, 2.45) is 0 Å². The van der Waals surface area contributed by atoms with Crippen molar-refractivity contribution in [2.75, 3.05) is 5.75 Å². The van der Waals surface area contributed by atoms with Crippen molar-refractivity contribution in [3.8, 4) is 0 Å². The molecule has 0 fully saturated rings. The lowest BCUT2D eigenvalue weighted by atomic mass is 10.2. The van der Waals surface area contributed by atoms with E-state index in [4.69, 9.17) is 0 Å². The first-order chi connectivity index (χ1) is 8.07. The summed E-state index contributed by atoms with van der Waals surface area (Å²) in [5.74, 6) is -0.220. The van der Waals surface area contributed by atoms with Crippen molar-refractivity contribution in [1.29, 1.82) is 0 Å². The molecule has 0 aromatic carbocycles. The van der Waals surface area contributed by atoms with E-state index in [-0.39, 0.29) is 6.42 Å². The molecule has 0 aliphatic heterocycles. The van der Waals surface area contributed by atoms with Gasteiger partial charge in [0.2, 0.25) is 6.43 Å². The van der Waals surface area contributed by atoms with Gasteiger partial charge >= 0.3 is 0 Å². The van der Waals surface area contributed by atoms with Crippen LogP contribution in [0.15, 0.2) is 0 Å². The summed E-state index contributed by atoms with van der Waals surface area (Å²) in [6.45, 7) is 1.95. The van der Waals surface area contributed by atoms with Crippen LogP contribution in [-0.2, 0) is 4.79 Å². The summed E-state index contributed by atoms with van der Waals surface area (Å²) in [5, 5.41) is 10.3. The standard InChI is InChI=1S/C12H22F2O2S/c1-2-7-10(12(15)16)17-9-6-4-3-5-8-11(13)14/h10-11H,2-9H2,1H3,(H,15,16)/p-1. The molecule has 0 bridgehead atoms. The Morgan fingerprint density at radius 2 is 1.82 bits per heavy atom. The lowest BCUT2D eigenvalue weighted by Gasteiger charge is -2.16. The van der Waals surface area contributed by atoms with E-state index in [1.54, 1.807) is 0 Å². The molecule has 0 saturated carbocycles. The molecule has 5 heteroatoms. The van der Waals surface area contributed by atoms with Gasteiger partial charge in [-0.25, -0.2) is 8.78 Å². The fourth-order valence-electron chi connectivity index (χ4n) is 1.51. The zero-order chi connectivity index (χ0) is 13.1. The number of carboxylic acid groups (broad SMARTS) is 1. The number of unbranched alkanes of at least 4 members (excludes halogenated alkanes) is 3. The molecule has 1 unspecified atom stereocenters. The van der Waals surface area contributed by atoms with E-state index in [9.17, 15) is 18.7 Å². The second kappa shape index (κ2) is 10.8. The number of carboxylic acids is 1. The normalized spacial score (nSPS) is 12.9. The van der Waals surface area contributed by atoms with Crippen LogP contribution in [0.3, 0.4) is 0 Å². The Labute approximate surface area is 106 Å². The van der Waals surface area contributed by atoms with Crippen LogP contribution in [-0.4, -0.2) is 23.4 Å². The number of carbonyl (C=O) groups is 1. The largest absolute Gasteiger partial charge is 0.549 e. The van der Waals surface area contributed by atoms with Crippen LogP contribution in [0.4, 0.5) is 8.78 Å². The Morgan fingerprint density at radius 1 is 1.18 bits per heavy atom. The fraction of sp³-hybridized carbons (Fsp3) is 0.917. The third-order valence-corrected chi connectivity index (χ3v) is 3.80. The monoisotopic (exact) mass is 267 g/mol. The average Bonchev–Trinajstić information content (AvgIpc) is 2.25. The van der Waals surface area contributed by atoms with Gasteiger partial charge in [0.15, 0.2) is 0 Å². The van der Waals surface area contributed by atoms with E-state index in [1.165, 1.54) is 11.8 Å². The van der Waals surface area contributed by atoms with Crippen LogP contribution >= 0.6 is 11.8 Å². The highest BCUT2D eigenvalue weighted by atomic mass is 32.2. The SMILES string of the molecule is CCCC(SCCCCCCC(F)F)C(=O)[O-]. The van der Waals surface area contributed by atoms with Gasteiger partial charge in [0.05, 0.1) is 5.97 Å². The van der Waals surface area contributed by atoms with E-state index >= 15 is 0 Å². The highest BCUT2D eigenvalue weighted by Crippen LogP contribution is 2.18. The predicted molar refractivity (Wildman–Crippen MR) is 65.3 cm³/mol. The molecule has 17 heavy (non-hydrogen) atoms. The molecule has 0 rings (SSSR count). The summed E-state index contributed by atoms with van der Waals surface area (Å²) in [4.78, 5) is 10.7. The topological polar surface area (TPSA) is 40.1 Å². The molecular weight excluding hydrogens is 246 g/mol. The van der Waals surface area contributed by atoms with E-state index in [1.807, 2.05) is 6.92 Å². The number of hydrogen-bond donors (Lipinski definition) is 0. The van der Waals surface area contributed by atoms with Gasteiger partial charge in [0.25, 0.3) is 0 Å². The van der Waals surface area contributed by atoms with Gasteiger partial charge in [-0.2, -0.15) is 11.8 Å². The number of halogens is 2. The van der Waals surface area contributed by atoms with Gasteiger partial charge in [0.1, 0.15) is 0 Å². The number of alkyl halides is 2. The maximum Gasteiger partial charge on any atom is 0.238 e. The molecule has 0 amide bonds. The maximum atomic E-state index is 11.8. The van der Waals surface area contributed by atoms with Crippen molar-refractivity contribution in [2.45, 2.75) is 63.5 Å². The first kappa shape index (κ1) is 16.7. The highest BCUT2D eigenvalue weighted by molar-refractivity contribution is 8.00. The van der Waals surface area contributed by atoms with Crippen molar-refractivity contribution in [3.05, 3.63) is 0 Å². The number of hydrogen-bond acceptors (Lipinski definition) is 3. The van der Waals surface area contributed by atoms with Gasteiger partial charge in [-0.1, -0.05) is 26.2 Å². The summed E-state index contributed by atoms with van der Waals surface area (Å²) in [7, 11) is 0. The molecule has 0 aliphatic carbocycles. The quantitative estimate of drug-likeness (QED) is 0.540. The molecule has 0 saturated heterocycles. The van der Waals surface area contributed by atoms with Crippen molar-refractivity contribution in [3.63, 3.8) is 0 Å². The van der Waals surface area contributed by atoms with Crippen LogP contribution in [0.2, 0.25) is 0 Å². The van der Waals surface area contributed by atoms with Crippen LogP contribution in [0.5, 0.6) is 0 Å². The summed E-state index contributed by atoms with van der Waals surface area (Å²) >= 11 is 1.41. The number of carbonyl (C=O) groups excluding carboxylic acids is 1. The molecule has 1 atom stereocenters. The third kappa shape index (κ3) is 10.5. The molecule has 0 radical (unpaired) electrons. The fourth-order valence-corrected chi connectivity index (χ4v) is 2.71. The van der Waals surface area contributed by atoms with E-state index in [2.05, 4.69) is 0 Å². The van der Waals surface area contributed by atoms with E-state index < -0.39 is 17.6 Å². The van der Waals surface area contributed by atoms with Gasteiger partial charge in [-0.05, 0) is 25.0 Å². The van der Waals surface area contributed by atoms with Crippen LogP contribution < -0.4 is 5.11 Å². The van der Waals surface area contributed by atoms with Crippen molar-refractivity contribution in [1.82, 2.24) is 0 Å². The Kier molecular flexibility index (Phi) is 10.6. The summed E-state index contributed by atoms with van der Waals surface area (Å²) in [5.41, 5.74) is 0. The Hall–Kier alpha value is -0.320. The van der Waals surface area contributed by atoms with Gasteiger partial charge in [0, 0.05) is 11.7 Å². The number of aliphatic carboxylic acids is 1. The van der Waals surface area contributed by atoms with E-state index in [0.29, 0.717) is 12.8 Å². The Balaban J connectivity index is 3.39. The molecule has 0 aliphatic rings. The number of rotatable bonds is 11. The second-order valence-corrected chi connectivity index (χ2v) is 5.37. The highest BCUT2D eigenvalue weighted by Gasteiger charge is 2.08. The smallest absolute Gasteiger partial charge is 0.238 e. The van der Waals surface area contributed by atoms with Crippen molar-refractivity contribution < 1.29 is 18.7 Å². The molecule has 102 valence electrons. The van der Waals surface area contributed by atoms with Gasteiger partial charge in [-0.3, -0.25) is 0 Å². The lowest BCUT2D eigenvalue weighted by molar-refractivity contribution is -0.304. The minimum atomic E-state index is -2.20. The summed E-state index contributed by atoms with van der Waals surface area (Å²) < 4.78 is 23.6. The average molecular weight is 267 g/mol. The first-order valence-electron chi connectivity index (χ1n) is 6.18. The van der Waals surface area contributed by atoms with Crippen LogP contribution in [0.1, 0.15) is 51.9 Å². The predicted octanol–water partition coefficient (Wildman–Crippen LogP) is 2.85. The zero-order valence-corrected chi connectivity index (χ0v) is 11.1. The molecule has 0 heterocycles. The third-order valence-electron chi connectivity index (χ3n) is 2.45. The maximum absolute atomic E-state index is 11.8. The Morgan fingerprint density at radius 3 is 2.35 bits per heavy atom. The number of thioether (sulfide) groups is 1. The lowest BCUT2D eigenvalue weighted by Crippen LogP contribution is -2.33. The van der Waals surface area contributed by atoms with E-state index in [0.717, 1.165) is 31.4 Å². The van der Waals surface area contributed by atoms with Crippen LogP contribution in [0.25, 0.3) is 0 Å². The first-order valence-corrected chi connectivity index (χ1v) is 7.23.